The van der Waals surface area contributed by atoms with Gasteiger partial charge in [-0.2, -0.15) is 0 Å². The second-order valence-corrected chi connectivity index (χ2v) is 4.22. The molecule has 1 aromatic rings. The van der Waals surface area contributed by atoms with E-state index < -0.39 is 0 Å². The summed E-state index contributed by atoms with van der Waals surface area (Å²) >= 11 is 0. The summed E-state index contributed by atoms with van der Waals surface area (Å²) in [4.78, 5) is 13.1. The van der Waals surface area contributed by atoms with E-state index in [0.717, 1.165) is 5.69 Å². The maximum atomic E-state index is 13.1. The zero-order chi connectivity index (χ0) is 12.4. The molecule has 1 atom stereocenters. The van der Waals surface area contributed by atoms with E-state index >= 15 is 0 Å². The minimum atomic E-state index is -0.264. The summed E-state index contributed by atoms with van der Waals surface area (Å²) < 4.78 is 13.1. The number of halogens is 1. The maximum Gasteiger partial charge on any atom is 0.224 e. The van der Waals surface area contributed by atoms with Crippen LogP contribution in [0.4, 0.5) is 10.1 Å². The standard InChI is InChI=1S/C13H15FN2O/c1-9-12(6-7-13(17)15-9)16(2)11-5-3-4-10(14)8-11/h3-5,8,12H,1,6-7H2,2H3,(H,15,17). The maximum absolute atomic E-state index is 13.1. The number of anilines is 1. The number of hydrogen-bond donors (Lipinski definition) is 1. The summed E-state index contributed by atoms with van der Waals surface area (Å²) in [6.45, 7) is 3.85. The lowest BCUT2D eigenvalue weighted by Gasteiger charge is -2.34. The van der Waals surface area contributed by atoms with E-state index in [-0.39, 0.29) is 17.8 Å². The fourth-order valence-electron chi connectivity index (χ4n) is 2.07. The number of benzene rings is 1. The molecule has 0 saturated carbocycles. The Bertz CT molecular complexity index is 458. The van der Waals surface area contributed by atoms with Crippen LogP contribution < -0.4 is 10.2 Å². The topological polar surface area (TPSA) is 32.3 Å². The molecule has 1 aromatic carbocycles. The molecular weight excluding hydrogens is 219 g/mol. The van der Waals surface area contributed by atoms with Gasteiger partial charge in [0.1, 0.15) is 5.82 Å². The summed E-state index contributed by atoms with van der Waals surface area (Å²) in [7, 11) is 1.88. The van der Waals surface area contributed by atoms with E-state index in [9.17, 15) is 9.18 Å². The lowest BCUT2D eigenvalue weighted by atomic mass is 10.0. The molecule has 17 heavy (non-hydrogen) atoms. The van der Waals surface area contributed by atoms with Crippen LogP contribution in [0.1, 0.15) is 12.8 Å². The van der Waals surface area contributed by atoms with Gasteiger partial charge in [-0.05, 0) is 24.6 Å². The molecule has 90 valence electrons. The molecule has 1 unspecified atom stereocenters. The van der Waals surface area contributed by atoms with Gasteiger partial charge >= 0.3 is 0 Å². The molecule has 1 N–H and O–H groups in total. The van der Waals surface area contributed by atoms with Gasteiger partial charge in [0.2, 0.25) is 5.91 Å². The van der Waals surface area contributed by atoms with Crippen LogP contribution in [-0.2, 0) is 4.79 Å². The fourth-order valence-corrected chi connectivity index (χ4v) is 2.07. The Morgan fingerprint density at radius 3 is 2.94 bits per heavy atom. The summed E-state index contributed by atoms with van der Waals surface area (Å²) in [5, 5.41) is 2.73. The van der Waals surface area contributed by atoms with Gasteiger partial charge in [0.25, 0.3) is 0 Å². The van der Waals surface area contributed by atoms with E-state index in [1.165, 1.54) is 12.1 Å². The van der Waals surface area contributed by atoms with Crippen molar-refractivity contribution in [2.75, 3.05) is 11.9 Å². The Balaban J connectivity index is 2.17. The van der Waals surface area contributed by atoms with Crippen LogP contribution in [0.15, 0.2) is 36.5 Å². The van der Waals surface area contributed by atoms with Crippen molar-refractivity contribution in [1.82, 2.24) is 5.32 Å². The van der Waals surface area contributed by atoms with E-state index in [2.05, 4.69) is 11.9 Å². The van der Waals surface area contributed by atoms with Gasteiger partial charge in [0.05, 0.1) is 6.04 Å². The Morgan fingerprint density at radius 2 is 2.29 bits per heavy atom. The average Bonchev–Trinajstić information content (AvgIpc) is 2.28. The fraction of sp³-hybridized carbons (Fsp3) is 0.308. The molecule has 1 amide bonds. The van der Waals surface area contributed by atoms with E-state index in [1.807, 2.05) is 18.0 Å². The van der Waals surface area contributed by atoms with Gasteiger partial charge in [-0.3, -0.25) is 4.79 Å². The van der Waals surface area contributed by atoms with Crippen molar-refractivity contribution >= 4 is 11.6 Å². The highest BCUT2D eigenvalue weighted by Gasteiger charge is 2.25. The summed E-state index contributed by atoms with van der Waals surface area (Å²) in [5.74, 6) is -0.265. The van der Waals surface area contributed by atoms with Crippen LogP contribution in [0.2, 0.25) is 0 Å². The van der Waals surface area contributed by atoms with Crippen molar-refractivity contribution in [2.45, 2.75) is 18.9 Å². The second kappa shape index (κ2) is 4.57. The third-order valence-electron chi connectivity index (χ3n) is 3.03. The van der Waals surface area contributed by atoms with Crippen LogP contribution in [0, 0.1) is 5.82 Å². The number of nitrogens with one attached hydrogen (secondary N) is 1. The molecule has 3 nitrogen and oxygen atoms in total. The lowest BCUT2D eigenvalue weighted by Crippen LogP contribution is -2.44. The molecule has 1 aliphatic heterocycles. The predicted molar refractivity (Wildman–Crippen MR) is 65.1 cm³/mol. The Kier molecular flexibility index (Phi) is 3.13. The summed E-state index contributed by atoms with van der Waals surface area (Å²) in [6.07, 6.45) is 1.18. The number of amides is 1. The van der Waals surface area contributed by atoms with Gasteiger partial charge in [-0.15, -0.1) is 0 Å². The molecule has 0 aromatic heterocycles. The highest BCUT2D eigenvalue weighted by molar-refractivity contribution is 5.79. The number of likely N-dealkylation sites (N-methyl/N-ethyl adjacent to an activating group) is 1. The zero-order valence-corrected chi connectivity index (χ0v) is 9.74. The molecule has 0 spiro atoms. The van der Waals surface area contributed by atoms with Crippen molar-refractivity contribution in [3.05, 3.63) is 42.4 Å². The van der Waals surface area contributed by atoms with Crippen molar-refractivity contribution in [3.63, 3.8) is 0 Å². The summed E-state index contributed by atoms with van der Waals surface area (Å²) in [6, 6.07) is 6.42. The molecule has 2 rings (SSSR count). The minimum absolute atomic E-state index is 0.00103. The largest absolute Gasteiger partial charge is 0.366 e. The molecule has 0 radical (unpaired) electrons. The third-order valence-corrected chi connectivity index (χ3v) is 3.03. The molecule has 0 aliphatic carbocycles. The third kappa shape index (κ3) is 2.46. The number of piperidine rings is 1. The molecule has 1 heterocycles. The van der Waals surface area contributed by atoms with Crippen molar-refractivity contribution in [3.8, 4) is 0 Å². The van der Waals surface area contributed by atoms with Crippen LogP contribution >= 0.6 is 0 Å². The van der Waals surface area contributed by atoms with E-state index in [4.69, 9.17) is 0 Å². The first-order valence-electron chi connectivity index (χ1n) is 5.55. The normalized spacial score (nSPS) is 20.0. The Labute approximate surface area is 99.9 Å². The van der Waals surface area contributed by atoms with Gasteiger partial charge in [0.15, 0.2) is 0 Å². The first kappa shape index (κ1) is 11.6. The predicted octanol–water partition coefficient (Wildman–Crippen LogP) is 2.05. The molecular formula is C13H15FN2O. The first-order chi connectivity index (χ1) is 8.08. The van der Waals surface area contributed by atoms with Crippen LogP contribution in [0.3, 0.4) is 0 Å². The minimum Gasteiger partial charge on any atom is -0.366 e. The highest BCUT2D eigenvalue weighted by Crippen LogP contribution is 2.23. The van der Waals surface area contributed by atoms with Crippen molar-refractivity contribution in [1.29, 1.82) is 0 Å². The number of nitrogens with zero attached hydrogens (tertiary/aromatic N) is 1. The number of carbonyl (C=O) groups excluding carboxylic acids is 1. The Morgan fingerprint density at radius 1 is 1.53 bits per heavy atom. The molecule has 1 saturated heterocycles. The van der Waals surface area contributed by atoms with Crippen LogP contribution in [0.25, 0.3) is 0 Å². The van der Waals surface area contributed by atoms with E-state index in [0.29, 0.717) is 18.5 Å². The smallest absolute Gasteiger partial charge is 0.224 e. The first-order valence-corrected chi connectivity index (χ1v) is 5.55. The molecule has 0 bridgehead atoms. The monoisotopic (exact) mass is 234 g/mol. The van der Waals surface area contributed by atoms with Gasteiger partial charge < -0.3 is 10.2 Å². The average molecular weight is 234 g/mol. The van der Waals surface area contributed by atoms with Gasteiger partial charge in [-0.1, -0.05) is 12.6 Å². The van der Waals surface area contributed by atoms with Crippen LogP contribution in [0.5, 0.6) is 0 Å². The molecule has 4 heteroatoms. The highest BCUT2D eigenvalue weighted by atomic mass is 19.1. The summed E-state index contributed by atoms with van der Waals surface area (Å²) in [5.41, 5.74) is 1.46. The number of carbonyl (C=O) groups is 1. The van der Waals surface area contributed by atoms with Crippen molar-refractivity contribution < 1.29 is 9.18 Å². The van der Waals surface area contributed by atoms with Gasteiger partial charge in [0, 0.05) is 24.9 Å². The quantitative estimate of drug-likeness (QED) is 0.849. The molecule has 1 fully saturated rings. The second-order valence-electron chi connectivity index (χ2n) is 4.22. The number of hydrogen-bond acceptors (Lipinski definition) is 2. The SMILES string of the molecule is C=C1NC(=O)CCC1N(C)c1cccc(F)c1. The van der Waals surface area contributed by atoms with Crippen molar-refractivity contribution in [2.24, 2.45) is 0 Å². The lowest BCUT2D eigenvalue weighted by molar-refractivity contribution is -0.121. The van der Waals surface area contributed by atoms with E-state index in [1.54, 1.807) is 6.07 Å². The zero-order valence-electron chi connectivity index (χ0n) is 9.74. The molecule has 1 aliphatic rings. The van der Waals surface area contributed by atoms with Gasteiger partial charge in [-0.25, -0.2) is 4.39 Å². The van der Waals surface area contributed by atoms with Crippen LogP contribution in [-0.4, -0.2) is 19.0 Å². The number of rotatable bonds is 2. The Hall–Kier alpha value is -1.84.